The summed E-state index contributed by atoms with van der Waals surface area (Å²) in [6.45, 7) is 0. The van der Waals surface area contributed by atoms with Crippen LogP contribution in [-0.2, 0) is 0 Å². The number of rotatable bonds is 5. The minimum absolute atomic E-state index is 0.256. The lowest BCUT2D eigenvalue weighted by atomic mass is 10.00. The van der Waals surface area contributed by atoms with E-state index in [1.165, 1.54) is 18.2 Å². The van der Waals surface area contributed by atoms with Gasteiger partial charge in [0.05, 0.1) is 0 Å². The first kappa shape index (κ1) is 19.5. The van der Waals surface area contributed by atoms with Gasteiger partial charge in [-0.05, 0) is 58.1 Å². The summed E-state index contributed by atoms with van der Waals surface area (Å²) in [5, 5.41) is 0. The van der Waals surface area contributed by atoms with E-state index in [2.05, 4.69) is 0 Å². The van der Waals surface area contributed by atoms with Crippen LogP contribution in [0.5, 0.6) is 0 Å². The van der Waals surface area contributed by atoms with Crippen molar-refractivity contribution >= 4 is 24.3 Å². The Labute approximate surface area is 175 Å². The van der Waals surface area contributed by atoms with Gasteiger partial charge in [0.15, 0.2) is 0 Å². The van der Waals surface area contributed by atoms with Crippen LogP contribution in [-0.4, -0.2) is 0 Å². The van der Waals surface area contributed by atoms with E-state index in [9.17, 15) is 8.78 Å². The molecule has 0 saturated carbocycles. The van der Waals surface area contributed by atoms with Crippen LogP contribution in [0.1, 0.15) is 22.3 Å². The van der Waals surface area contributed by atoms with E-state index in [1.807, 2.05) is 85.0 Å². The molecule has 0 aliphatic heterocycles. The molecule has 146 valence electrons. The molecule has 0 saturated heterocycles. The number of halogens is 2. The summed E-state index contributed by atoms with van der Waals surface area (Å²) in [6.07, 6.45) is 7.51. The molecule has 4 rings (SSSR count). The van der Waals surface area contributed by atoms with E-state index in [1.54, 1.807) is 18.2 Å². The molecule has 4 aromatic carbocycles. The van der Waals surface area contributed by atoms with E-state index in [0.29, 0.717) is 5.56 Å². The third-order valence-corrected chi connectivity index (χ3v) is 4.79. The summed E-state index contributed by atoms with van der Waals surface area (Å²) in [7, 11) is 0. The van der Waals surface area contributed by atoms with Crippen LogP contribution in [0.15, 0.2) is 97.1 Å². The van der Waals surface area contributed by atoms with Gasteiger partial charge in [-0.15, -0.1) is 0 Å². The molecule has 0 N–H and O–H groups in total. The molecule has 0 aliphatic rings. The highest BCUT2D eigenvalue weighted by atomic mass is 19.1. The lowest BCUT2D eigenvalue weighted by Crippen LogP contribution is -1.86. The average molecular weight is 394 g/mol. The molecule has 0 amide bonds. The third kappa shape index (κ3) is 4.98. The van der Waals surface area contributed by atoms with Gasteiger partial charge in [-0.25, -0.2) is 8.78 Å². The molecular formula is C28H20F2. The summed E-state index contributed by atoms with van der Waals surface area (Å²) in [5.74, 6) is -0.513. The zero-order chi connectivity index (χ0) is 20.8. The van der Waals surface area contributed by atoms with Crippen molar-refractivity contribution in [1.29, 1.82) is 0 Å². The maximum atomic E-state index is 14.3. The van der Waals surface area contributed by atoms with Gasteiger partial charge >= 0.3 is 0 Å². The molecule has 0 nitrogen and oxygen atoms in total. The van der Waals surface area contributed by atoms with Gasteiger partial charge in [-0.1, -0.05) is 91.0 Å². The summed E-state index contributed by atoms with van der Waals surface area (Å²) in [4.78, 5) is 0. The lowest BCUT2D eigenvalue weighted by molar-refractivity contribution is 0.625. The van der Waals surface area contributed by atoms with Crippen LogP contribution in [0.25, 0.3) is 35.4 Å². The third-order valence-electron chi connectivity index (χ3n) is 4.79. The van der Waals surface area contributed by atoms with E-state index >= 15 is 0 Å². The molecule has 0 aliphatic carbocycles. The zero-order valence-electron chi connectivity index (χ0n) is 16.3. The Morgan fingerprint density at radius 3 is 1.87 bits per heavy atom. The first-order valence-electron chi connectivity index (χ1n) is 9.74. The molecule has 0 atom stereocenters. The van der Waals surface area contributed by atoms with Crippen LogP contribution < -0.4 is 0 Å². The number of benzene rings is 4. The monoisotopic (exact) mass is 394 g/mol. The van der Waals surface area contributed by atoms with Crippen molar-refractivity contribution in [3.63, 3.8) is 0 Å². The van der Waals surface area contributed by atoms with E-state index in [-0.39, 0.29) is 11.6 Å². The van der Waals surface area contributed by atoms with Crippen LogP contribution in [0.4, 0.5) is 8.78 Å². The molecule has 0 spiro atoms. The van der Waals surface area contributed by atoms with Crippen LogP contribution in [0.2, 0.25) is 0 Å². The largest absolute Gasteiger partial charge is 0.207 e. The predicted octanol–water partition coefficient (Wildman–Crippen LogP) is 7.97. The first-order valence-corrected chi connectivity index (χ1v) is 9.74. The normalized spacial score (nSPS) is 11.4. The van der Waals surface area contributed by atoms with Crippen LogP contribution >= 0.6 is 0 Å². The van der Waals surface area contributed by atoms with Crippen molar-refractivity contribution in [2.24, 2.45) is 0 Å². The van der Waals surface area contributed by atoms with E-state index < -0.39 is 0 Å². The van der Waals surface area contributed by atoms with Gasteiger partial charge in [0, 0.05) is 5.56 Å². The Morgan fingerprint density at radius 1 is 0.467 bits per heavy atom. The second-order valence-electron chi connectivity index (χ2n) is 6.99. The molecule has 2 heteroatoms. The van der Waals surface area contributed by atoms with Crippen molar-refractivity contribution in [3.8, 4) is 11.1 Å². The fourth-order valence-corrected chi connectivity index (χ4v) is 3.23. The highest BCUT2D eigenvalue weighted by Crippen LogP contribution is 2.25. The van der Waals surface area contributed by atoms with Crippen LogP contribution in [0.3, 0.4) is 0 Å². The minimum Gasteiger partial charge on any atom is -0.207 e. The molecule has 0 fully saturated rings. The second kappa shape index (κ2) is 9.15. The SMILES string of the molecule is Fc1cccc(/C=C/c2cccc(-c3ccc(F)c(/C=C/c4ccccc4)c3)c2)c1. The van der Waals surface area contributed by atoms with Gasteiger partial charge in [-0.2, -0.15) is 0 Å². The van der Waals surface area contributed by atoms with Crippen molar-refractivity contribution in [2.75, 3.05) is 0 Å². The number of hydrogen-bond donors (Lipinski definition) is 0. The standard InChI is InChI=1S/C28H20F2/c29-27-11-5-9-23(19-27)13-12-22-8-4-10-24(18-22)25-16-17-28(30)26(20-25)15-14-21-6-2-1-3-7-21/h1-20H/b13-12+,15-14+. The van der Waals surface area contributed by atoms with Crippen molar-refractivity contribution < 1.29 is 8.78 Å². The van der Waals surface area contributed by atoms with Crippen LogP contribution in [0, 0.1) is 11.6 Å². The van der Waals surface area contributed by atoms with Crippen molar-refractivity contribution in [2.45, 2.75) is 0 Å². The van der Waals surface area contributed by atoms with Gasteiger partial charge < -0.3 is 0 Å². The Balaban J connectivity index is 1.60. The van der Waals surface area contributed by atoms with Crippen molar-refractivity contribution in [1.82, 2.24) is 0 Å². The highest BCUT2D eigenvalue weighted by Gasteiger charge is 2.04. The molecule has 30 heavy (non-hydrogen) atoms. The average Bonchev–Trinajstić information content (AvgIpc) is 2.78. The zero-order valence-corrected chi connectivity index (χ0v) is 16.3. The Hall–Kier alpha value is -3.78. The van der Waals surface area contributed by atoms with E-state index in [4.69, 9.17) is 0 Å². The Morgan fingerprint density at radius 2 is 1.10 bits per heavy atom. The maximum Gasteiger partial charge on any atom is 0.130 e. The molecular weight excluding hydrogens is 374 g/mol. The summed E-state index contributed by atoms with van der Waals surface area (Å²) < 4.78 is 27.7. The van der Waals surface area contributed by atoms with Crippen molar-refractivity contribution in [3.05, 3.63) is 131 Å². The smallest absolute Gasteiger partial charge is 0.130 e. The highest BCUT2D eigenvalue weighted by molar-refractivity contribution is 5.76. The molecule has 0 radical (unpaired) electrons. The topological polar surface area (TPSA) is 0 Å². The quantitative estimate of drug-likeness (QED) is 0.301. The fraction of sp³-hybridized carbons (Fsp3) is 0. The molecule has 0 heterocycles. The molecule has 0 bridgehead atoms. The molecule has 4 aromatic rings. The van der Waals surface area contributed by atoms with E-state index in [0.717, 1.165) is 27.8 Å². The molecule has 0 unspecified atom stereocenters. The fourth-order valence-electron chi connectivity index (χ4n) is 3.23. The van der Waals surface area contributed by atoms with Gasteiger partial charge in [0.1, 0.15) is 11.6 Å². The summed E-state index contributed by atoms with van der Waals surface area (Å²) in [5.41, 5.74) is 5.28. The summed E-state index contributed by atoms with van der Waals surface area (Å²) >= 11 is 0. The Kier molecular flexibility index (Phi) is 5.95. The number of hydrogen-bond acceptors (Lipinski definition) is 0. The van der Waals surface area contributed by atoms with Gasteiger partial charge in [-0.3, -0.25) is 0 Å². The second-order valence-corrected chi connectivity index (χ2v) is 6.99. The first-order chi connectivity index (χ1) is 14.7. The minimum atomic E-state index is -0.256. The predicted molar refractivity (Wildman–Crippen MR) is 123 cm³/mol. The molecule has 0 aromatic heterocycles. The summed E-state index contributed by atoms with van der Waals surface area (Å²) in [6, 6.07) is 29.4. The van der Waals surface area contributed by atoms with Gasteiger partial charge in [0.2, 0.25) is 0 Å². The lowest BCUT2D eigenvalue weighted by Gasteiger charge is -2.06. The van der Waals surface area contributed by atoms with Gasteiger partial charge in [0.25, 0.3) is 0 Å². The maximum absolute atomic E-state index is 14.3. The Bertz CT molecular complexity index is 1200.